The van der Waals surface area contributed by atoms with Gasteiger partial charge in [-0.15, -0.1) is 0 Å². The first-order valence-electron chi connectivity index (χ1n) is 11.1. The Kier molecular flexibility index (Phi) is 8.86. The summed E-state index contributed by atoms with van der Waals surface area (Å²) in [7, 11) is 0. The minimum absolute atomic E-state index is 0.130. The molecule has 8 nitrogen and oxygen atoms in total. The number of ether oxygens (including phenoxy) is 5. The summed E-state index contributed by atoms with van der Waals surface area (Å²) < 4.78 is 28.2. The number of anilines is 2. The van der Waals surface area contributed by atoms with Crippen molar-refractivity contribution in [2.45, 2.75) is 20.8 Å². The molecule has 3 rings (SSSR count). The van der Waals surface area contributed by atoms with Crippen LogP contribution in [0.2, 0.25) is 0 Å². The van der Waals surface area contributed by atoms with E-state index in [2.05, 4.69) is 10.2 Å². The fraction of sp³-hybridized carbons (Fsp3) is 0.458. The summed E-state index contributed by atoms with van der Waals surface area (Å²) in [4.78, 5) is 14.8. The van der Waals surface area contributed by atoms with Crippen molar-refractivity contribution < 1.29 is 28.5 Å². The normalized spacial score (nSPS) is 13.4. The van der Waals surface area contributed by atoms with Crippen molar-refractivity contribution in [3.8, 4) is 23.0 Å². The molecule has 0 radical (unpaired) electrons. The van der Waals surface area contributed by atoms with E-state index in [1.165, 1.54) is 0 Å². The van der Waals surface area contributed by atoms with E-state index in [1.807, 2.05) is 45.0 Å². The number of carbonyl (C=O) groups is 1. The molecule has 0 bridgehead atoms. The fourth-order valence-corrected chi connectivity index (χ4v) is 3.38. The van der Waals surface area contributed by atoms with E-state index in [0.29, 0.717) is 56.0 Å². The zero-order valence-electron chi connectivity index (χ0n) is 19.0. The van der Waals surface area contributed by atoms with Crippen LogP contribution in [0.25, 0.3) is 0 Å². The van der Waals surface area contributed by atoms with Gasteiger partial charge >= 0.3 is 0 Å². The van der Waals surface area contributed by atoms with Gasteiger partial charge in [0.25, 0.3) is 5.91 Å². The standard InChI is InChI=1S/C24H32N2O6/c1-4-29-18-7-9-19(10-8-18)32-17-24(27)25-20-15-23(31-6-3)21(16-22(20)30-5-2)26-11-13-28-14-12-26/h7-10,15-16H,4-6,11-14,17H2,1-3H3,(H,25,27). The molecule has 1 amide bonds. The molecular formula is C24H32N2O6. The molecule has 1 heterocycles. The first-order valence-corrected chi connectivity index (χ1v) is 11.1. The quantitative estimate of drug-likeness (QED) is 0.566. The highest BCUT2D eigenvalue weighted by molar-refractivity contribution is 5.94. The van der Waals surface area contributed by atoms with Gasteiger partial charge in [0, 0.05) is 25.2 Å². The molecule has 0 aromatic heterocycles. The Bertz CT molecular complexity index is 866. The van der Waals surface area contributed by atoms with Crippen molar-refractivity contribution in [1.29, 1.82) is 0 Å². The topological polar surface area (TPSA) is 78.5 Å². The minimum atomic E-state index is -0.290. The molecule has 2 aromatic carbocycles. The smallest absolute Gasteiger partial charge is 0.262 e. The molecule has 1 aliphatic heterocycles. The summed E-state index contributed by atoms with van der Waals surface area (Å²) in [6.07, 6.45) is 0. The van der Waals surface area contributed by atoms with Gasteiger partial charge in [0.1, 0.15) is 23.0 Å². The first-order chi connectivity index (χ1) is 15.6. The summed E-state index contributed by atoms with van der Waals surface area (Å²) in [6, 6.07) is 10.9. The van der Waals surface area contributed by atoms with Gasteiger partial charge < -0.3 is 33.9 Å². The lowest BCUT2D eigenvalue weighted by molar-refractivity contribution is -0.118. The molecule has 174 valence electrons. The third-order valence-electron chi connectivity index (χ3n) is 4.79. The molecule has 0 unspecified atom stereocenters. The third kappa shape index (κ3) is 6.43. The van der Waals surface area contributed by atoms with Crippen LogP contribution in [0, 0.1) is 0 Å². The van der Waals surface area contributed by atoms with Crippen molar-refractivity contribution in [1.82, 2.24) is 0 Å². The van der Waals surface area contributed by atoms with Crippen molar-refractivity contribution in [2.24, 2.45) is 0 Å². The van der Waals surface area contributed by atoms with E-state index < -0.39 is 0 Å². The van der Waals surface area contributed by atoms with Crippen LogP contribution < -0.4 is 29.2 Å². The number of hydrogen-bond acceptors (Lipinski definition) is 7. The first kappa shape index (κ1) is 23.5. The molecule has 2 aromatic rings. The second-order valence-electron chi connectivity index (χ2n) is 7.02. The van der Waals surface area contributed by atoms with Gasteiger partial charge in [-0.25, -0.2) is 0 Å². The summed E-state index contributed by atoms with van der Waals surface area (Å²) in [5.74, 6) is 2.34. The predicted octanol–water partition coefficient (Wildman–Crippen LogP) is 3.74. The van der Waals surface area contributed by atoms with Gasteiger partial charge in [-0.2, -0.15) is 0 Å². The molecule has 1 aliphatic rings. The van der Waals surface area contributed by atoms with E-state index in [0.717, 1.165) is 24.5 Å². The number of benzene rings is 2. The number of carbonyl (C=O) groups excluding carboxylic acids is 1. The van der Waals surface area contributed by atoms with E-state index in [9.17, 15) is 4.79 Å². The fourth-order valence-electron chi connectivity index (χ4n) is 3.38. The van der Waals surface area contributed by atoms with Crippen molar-refractivity contribution in [3.63, 3.8) is 0 Å². The van der Waals surface area contributed by atoms with Crippen LogP contribution >= 0.6 is 0 Å². The van der Waals surface area contributed by atoms with Crippen molar-refractivity contribution in [2.75, 3.05) is 62.9 Å². The zero-order valence-corrected chi connectivity index (χ0v) is 19.0. The molecule has 8 heteroatoms. The maximum Gasteiger partial charge on any atom is 0.262 e. The van der Waals surface area contributed by atoms with Crippen LogP contribution in [0.4, 0.5) is 11.4 Å². The number of rotatable bonds is 11. The van der Waals surface area contributed by atoms with Gasteiger partial charge in [0.05, 0.1) is 44.4 Å². The second kappa shape index (κ2) is 12.0. The summed E-state index contributed by atoms with van der Waals surface area (Å²) in [6.45, 7) is 10.1. The molecule has 1 fully saturated rings. The predicted molar refractivity (Wildman–Crippen MR) is 124 cm³/mol. The molecule has 0 saturated carbocycles. The Morgan fingerprint density at radius 3 is 2.09 bits per heavy atom. The van der Waals surface area contributed by atoms with Crippen molar-refractivity contribution in [3.05, 3.63) is 36.4 Å². The average Bonchev–Trinajstić information content (AvgIpc) is 2.81. The van der Waals surface area contributed by atoms with Gasteiger partial charge in [-0.3, -0.25) is 4.79 Å². The Morgan fingerprint density at radius 1 is 0.875 bits per heavy atom. The SMILES string of the molecule is CCOc1ccc(OCC(=O)Nc2cc(OCC)c(N3CCOCC3)cc2OCC)cc1. The van der Waals surface area contributed by atoms with Crippen molar-refractivity contribution >= 4 is 17.3 Å². The lowest BCUT2D eigenvalue weighted by atomic mass is 10.2. The lowest BCUT2D eigenvalue weighted by Crippen LogP contribution is -2.36. The van der Waals surface area contributed by atoms with E-state index >= 15 is 0 Å². The highest BCUT2D eigenvalue weighted by atomic mass is 16.5. The summed E-state index contributed by atoms with van der Waals surface area (Å²) in [5.41, 5.74) is 1.48. The highest BCUT2D eigenvalue weighted by Gasteiger charge is 2.20. The molecular weight excluding hydrogens is 412 g/mol. The monoisotopic (exact) mass is 444 g/mol. The Hall–Kier alpha value is -3.13. The van der Waals surface area contributed by atoms with Crippen LogP contribution in [0.15, 0.2) is 36.4 Å². The summed E-state index contributed by atoms with van der Waals surface area (Å²) in [5, 5.41) is 2.89. The number of nitrogens with one attached hydrogen (secondary N) is 1. The minimum Gasteiger partial charge on any atom is -0.494 e. The van der Waals surface area contributed by atoms with Gasteiger partial charge in [-0.1, -0.05) is 0 Å². The maximum atomic E-state index is 12.6. The van der Waals surface area contributed by atoms with Gasteiger partial charge in [-0.05, 0) is 45.0 Å². The highest BCUT2D eigenvalue weighted by Crippen LogP contribution is 2.39. The van der Waals surface area contributed by atoms with Gasteiger partial charge in [0.15, 0.2) is 6.61 Å². The number of morpholine rings is 1. The molecule has 1 saturated heterocycles. The molecule has 1 N–H and O–H groups in total. The van der Waals surface area contributed by atoms with Crippen LogP contribution in [0.1, 0.15) is 20.8 Å². The number of nitrogens with zero attached hydrogens (tertiary/aromatic N) is 1. The lowest BCUT2D eigenvalue weighted by Gasteiger charge is -2.31. The van der Waals surface area contributed by atoms with E-state index in [-0.39, 0.29) is 12.5 Å². The third-order valence-corrected chi connectivity index (χ3v) is 4.79. The summed E-state index contributed by atoms with van der Waals surface area (Å²) >= 11 is 0. The van der Waals surface area contributed by atoms with Crippen LogP contribution in [-0.4, -0.2) is 58.6 Å². The second-order valence-corrected chi connectivity index (χ2v) is 7.02. The maximum absolute atomic E-state index is 12.6. The molecule has 0 spiro atoms. The van der Waals surface area contributed by atoms with Gasteiger partial charge in [0.2, 0.25) is 0 Å². The Balaban J connectivity index is 1.71. The zero-order chi connectivity index (χ0) is 22.8. The average molecular weight is 445 g/mol. The number of amides is 1. The molecule has 0 aliphatic carbocycles. The Labute approximate surface area is 189 Å². The number of hydrogen-bond donors (Lipinski definition) is 1. The largest absolute Gasteiger partial charge is 0.494 e. The van der Waals surface area contributed by atoms with Crippen LogP contribution in [-0.2, 0) is 9.53 Å². The van der Waals surface area contributed by atoms with E-state index in [4.69, 9.17) is 23.7 Å². The van der Waals surface area contributed by atoms with Crippen LogP contribution in [0.3, 0.4) is 0 Å². The molecule has 0 atom stereocenters. The molecule has 32 heavy (non-hydrogen) atoms. The van der Waals surface area contributed by atoms with Crippen LogP contribution in [0.5, 0.6) is 23.0 Å². The van der Waals surface area contributed by atoms with E-state index in [1.54, 1.807) is 12.1 Å². The Morgan fingerprint density at radius 2 is 1.47 bits per heavy atom.